The van der Waals surface area contributed by atoms with Crippen LogP contribution >= 0.6 is 11.6 Å². The van der Waals surface area contributed by atoms with Crippen LogP contribution < -0.4 is 4.74 Å². The van der Waals surface area contributed by atoms with Gasteiger partial charge in [-0.2, -0.15) is 0 Å². The maximum absolute atomic E-state index is 12.0. The number of halogens is 1. The second-order valence-electron chi connectivity index (χ2n) is 9.13. The van der Waals surface area contributed by atoms with Gasteiger partial charge in [-0.15, -0.1) is 10.2 Å². The molecule has 0 aliphatic carbocycles. The second-order valence-corrected chi connectivity index (χ2v) is 9.57. The number of hydrogen-bond acceptors (Lipinski definition) is 13. The van der Waals surface area contributed by atoms with Gasteiger partial charge in [0.2, 0.25) is 24.2 Å². The third-order valence-electron chi connectivity index (χ3n) is 5.80. The van der Waals surface area contributed by atoms with E-state index < -0.39 is 54.6 Å². The van der Waals surface area contributed by atoms with Gasteiger partial charge in [0.1, 0.15) is 18.5 Å². The molecule has 0 saturated carbocycles. The summed E-state index contributed by atoms with van der Waals surface area (Å²) in [6, 6.07) is 13.4. The van der Waals surface area contributed by atoms with Crippen molar-refractivity contribution in [3.8, 4) is 28.7 Å². The van der Waals surface area contributed by atoms with Crippen LogP contribution in [-0.4, -0.2) is 71.4 Å². The fourth-order valence-corrected chi connectivity index (χ4v) is 4.36. The molecule has 0 N–H and O–H groups in total. The van der Waals surface area contributed by atoms with Gasteiger partial charge in [-0.3, -0.25) is 19.2 Å². The monoisotopic (exact) mass is 602 g/mol. The molecule has 1 saturated heterocycles. The Hall–Kier alpha value is -4.49. The van der Waals surface area contributed by atoms with Crippen LogP contribution in [0.5, 0.6) is 5.75 Å². The number of carbonyl (C=O) groups excluding carboxylic acids is 4. The lowest BCUT2D eigenvalue weighted by atomic mass is 9.98. The van der Waals surface area contributed by atoms with E-state index in [1.165, 1.54) is 6.92 Å². The SMILES string of the molecule is CC(=O)OC[C@H]1O[C@@H](Oc2ccc(-c3nnc(-c4cccc(Cl)c4)o3)cc2)[C@H](OC(C)=O)[C@@H](OC(C)=O)[C@@H]1OC(C)=O. The van der Waals surface area contributed by atoms with Gasteiger partial charge in [-0.05, 0) is 42.5 Å². The fourth-order valence-electron chi connectivity index (χ4n) is 4.17. The normalized spacial score (nSPS) is 21.6. The first-order valence-corrected chi connectivity index (χ1v) is 13.0. The van der Waals surface area contributed by atoms with Gasteiger partial charge in [0.25, 0.3) is 0 Å². The number of ether oxygens (including phenoxy) is 6. The highest BCUT2D eigenvalue weighted by Crippen LogP contribution is 2.32. The predicted molar refractivity (Wildman–Crippen MR) is 143 cm³/mol. The van der Waals surface area contributed by atoms with Gasteiger partial charge in [0.15, 0.2) is 12.2 Å². The van der Waals surface area contributed by atoms with E-state index in [0.717, 1.165) is 20.8 Å². The summed E-state index contributed by atoms with van der Waals surface area (Å²) in [6.07, 6.45) is -6.50. The lowest BCUT2D eigenvalue weighted by Gasteiger charge is -2.43. The Morgan fingerprint density at radius 1 is 0.762 bits per heavy atom. The van der Waals surface area contributed by atoms with Crippen molar-refractivity contribution in [3.63, 3.8) is 0 Å². The van der Waals surface area contributed by atoms with Crippen molar-refractivity contribution in [2.45, 2.75) is 58.4 Å². The molecule has 0 unspecified atom stereocenters. The van der Waals surface area contributed by atoms with E-state index in [4.69, 9.17) is 44.4 Å². The van der Waals surface area contributed by atoms with E-state index >= 15 is 0 Å². The summed E-state index contributed by atoms with van der Waals surface area (Å²) in [6.45, 7) is 4.23. The lowest BCUT2D eigenvalue weighted by Crippen LogP contribution is -2.63. The summed E-state index contributed by atoms with van der Waals surface area (Å²) >= 11 is 6.05. The fraction of sp³-hybridized carbons (Fsp3) is 0.357. The van der Waals surface area contributed by atoms with Crippen LogP contribution in [0.25, 0.3) is 22.9 Å². The summed E-state index contributed by atoms with van der Waals surface area (Å²) in [4.78, 5) is 47.4. The number of nitrogens with zero attached hydrogens (tertiary/aromatic N) is 2. The van der Waals surface area contributed by atoms with E-state index in [1.807, 2.05) is 0 Å². The predicted octanol–water partition coefficient (Wildman–Crippen LogP) is 3.52. The largest absolute Gasteiger partial charge is 0.463 e. The number of aromatic nitrogens is 2. The number of hydrogen-bond donors (Lipinski definition) is 0. The molecule has 1 fully saturated rings. The van der Waals surface area contributed by atoms with E-state index in [-0.39, 0.29) is 24.1 Å². The minimum atomic E-state index is -1.37. The summed E-state index contributed by atoms with van der Waals surface area (Å²) in [5, 5.41) is 8.67. The number of esters is 4. The van der Waals surface area contributed by atoms with Crippen LogP contribution in [0.2, 0.25) is 5.02 Å². The lowest BCUT2D eigenvalue weighted by molar-refractivity contribution is -0.288. The molecule has 5 atom stereocenters. The van der Waals surface area contributed by atoms with Crippen LogP contribution in [0.15, 0.2) is 52.9 Å². The highest BCUT2D eigenvalue weighted by Gasteiger charge is 2.53. The first-order valence-electron chi connectivity index (χ1n) is 12.7. The first kappa shape index (κ1) is 30.5. The molecule has 2 heterocycles. The molecule has 0 bridgehead atoms. The van der Waals surface area contributed by atoms with E-state index in [9.17, 15) is 19.2 Å². The summed E-state index contributed by atoms with van der Waals surface area (Å²) < 4.78 is 39.0. The van der Waals surface area contributed by atoms with Crippen molar-refractivity contribution in [2.75, 3.05) is 6.61 Å². The molecule has 14 heteroatoms. The van der Waals surface area contributed by atoms with Gasteiger partial charge in [-0.25, -0.2) is 0 Å². The Kier molecular flexibility index (Phi) is 9.76. The Bertz CT molecular complexity index is 1440. The van der Waals surface area contributed by atoms with Crippen molar-refractivity contribution in [3.05, 3.63) is 53.6 Å². The minimum Gasteiger partial charge on any atom is -0.463 e. The average Bonchev–Trinajstić information content (AvgIpc) is 3.41. The maximum Gasteiger partial charge on any atom is 0.303 e. The maximum atomic E-state index is 12.0. The van der Waals surface area contributed by atoms with Crippen LogP contribution in [0, 0.1) is 0 Å². The number of carbonyl (C=O) groups is 4. The first-order chi connectivity index (χ1) is 20.0. The average molecular weight is 603 g/mol. The molecular weight excluding hydrogens is 576 g/mol. The molecule has 1 aliphatic heterocycles. The Morgan fingerprint density at radius 3 is 1.95 bits per heavy atom. The molecule has 13 nitrogen and oxygen atoms in total. The molecular formula is C28H27ClN2O11. The molecule has 0 radical (unpaired) electrons. The summed E-state index contributed by atoms with van der Waals surface area (Å²) in [5.74, 6) is -2.06. The van der Waals surface area contributed by atoms with Gasteiger partial charge >= 0.3 is 23.9 Å². The highest BCUT2D eigenvalue weighted by molar-refractivity contribution is 6.30. The molecule has 2 aromatic carbocycles. The Labute approximate surface area is 244 Å². The van der Waals surface area contributed by atoms with Crippen LogP contribution in [0.1, 0.15) is 27.7 Å². The smallest absolute Gasteiger partial charge is 0.303 e. The molecule has 1 aromatic heterocycles. The topological polar surface area (TPSA) is 163 Å². The molecule has 3 aromatic rings. The van der Waals surface area contributed by atoms with E-state index in [1.54, 1.807) is 48.5 Å². The van der Waals surface area contributed by atoms with Crippen LogP contribution in [0.3, 0.4) is 0 Å². The van der Waals surface area contributed by atoms with E-state index in [0.29, 0.717) is 16.1 Å². The molecule has 0 amide bonds. The molecule has 4 rings (SSSR count). The van der Waals surface area contributed by atoms with E-state index in [2.05, 4.69) is 10.2 Å². The van der Waals surface area contributed by atoms with Gasteiger partial charge in [0, 0.05) is 43.8 Å². The number of rotatable bonds is 9. The van der Waals surface area contributed by atoms with Crippen molar-refractivity contribution in [2.24, 2.45) is 0 Å². The molecule has 1 aliphatic rings. The standard InChI is InChI=1S/C28H27ClN2O11/c1-14(32)36-13-22-23(37-15(2)33)24(38-16(3)34)25(39-17(4)35)28(41-22)40-21-10-8-18(9-11-21)26-30-31-27(42-26)19-6-5-7-20(29)12-19/h5-12,22-25,28H,13H2,1-4H3/t22-,23-,24+,25-,28-/m1/s1. The zero-order chi connectivity index (χ0) is 30.4. The zero-order valence-electron chi connectivity index (χ0n) is 23.0. The zero-order valence-corrected chi connectivity index (χ0v) is 23.7. The third kappa shape index (κ3) is 7.83. The summed E-state index contributed by atoms with van der Waals surface area (Å²) in [5.41, 5.74) is 1.23. The summed E-state index contributed by atoms with van der Waals surface area (Å²) in [7, 11) is 0. The minimum absolute atomic E-state index is 0.240. The van der Waals surface area contributed by atoms with Crippen LogP contribution in [0.4, 0.5) is 0 Å². The van der Waals surface area contributed by atoms with Gasteiger partial charge in [-0.1, -0.05) is 17.7 Å². The second kappa shape index (κ2) is 13.4. The molecule has 222 valence electrons. The van der Waals surface area contributed by atoms with Crippen molar-refractivity contribution >= 4 is 35.5 Å². The molecule has 0 spiro atoms. The third-order valence-corrected chi connectivity index (χ3v) is 6.03. The van der Waals surface area contributed by atoms with Crippen molar-refractivity contribution < 1.29 is 52.0 Å². The van der Waals surface area contributed by atoms with Crippen LogP contribution in [-0.2, 0) is 42.9 Å². The highest BCUT2D eigenvalue weighted by atomic mass is 35.5. The Morgan fingerprint density at radius 2 is 1.36 bits per heavy atom. The van der Waals surface area contributed by atoms with Gasteiger partial charge in [0.05, 0.1) is 0 Å². The van der Waals surface area contributed by atoms with Crippen molar-refractivity contribution in [1.82, 2.24) is 10.2 Å². The quantitative estimate of drug-likeness (QED) is 0.258. The Balaban J connectivity index is 1.59. The number of benzene rings is 2. The molecule has 42 heavy (non-hydrogen) atoms. The van der Waals surface area contributed by atoms with Gasteiger partial charge < -0.3 is 32.8 Å². The van der Waals surface area contributed by atoms with Crippen molar-refractivity contribution in [1.29, 1.82) is 0 Å².